The second kappa shape index (κ2) is 9.04. The van der Waals surface area contributed by atoms with Crippen molar-refractivity contribution in [1.29, 1.82) is 0 Å². The highest BCUT2D eigenvalue weighted by Gasteiger charge is 2.15. The number of non-ortho nitro benzene ring substituents is 1. The molecule has 0 aliphatic heterocycles. The number of nitro groups is 1. The maximum atomic E-state index is 10.8. The molecule has 0 fully saturated rings. The van der Waals surface area contributed by atoms with Crippen molar-refractivity contribution >= 4 is 17.4 Å². The first-order valence-corrected chi connectivity index (χ1v) is 9.11. The predicted molar refractivity (Wildman–Crippen MR) is 102 cm³/mol. The van der Waals surface area contributed by atoms with E-state index < -0.39 is 4.92 Å². The molecule has 1 heterocycles. The molecule has 3 rings (SSSR count). The Labute approximate surface area is 164 Å². The molecule has 0 aliphatic carbocycles. The molecule has 3 aromatic rings. The number of hydrogen-bond donors (Lipinski definition) is 0. The maximum Gasteiger partial charge on any atom is 0.273 e. The number of nitrogens with zero attached hydrogens (tertiary/aromatic N) is 5. The van der Waals surface area contributed by atoms with Crippen molar-refractivity contribution in [3.05, 3.63) is 52.6 Å². The van der Waals surface area contributed by atoms with Gasteiger partial charge in [0, 0.05) is 17.9 Å². The topological polar surface area (TPSA) is 114 Å². The van der Waals surface area contributed by atoms with Crippen molar-refractivity contribution in [3.63, 3.8) is 0 Å². The number of benzene rings is 2. The summed E-state index contributed by atoms with van der Waals surface area (Å²) in [5.41, 5.74) is 0.633. The molecular formula is C17H17N5O5S. The fourth-order valence-electron chi connectivity index (χ4n) is 2.36. The highest BCUT2D eigenvalue weighted by molar-refractivity contribution is 7.99. The van der Waals surface area contributed by atoms with Gasteiger partial charge in [-0.25, -0.2) is 0 Å². The van der Waals surface area contributed by atoms with Gasteiger partial charge in [0.25, 0.3) is 5.69 Å². The smallest absolute Gasteiger partial charge is 0.273 e. The molecule has 10 nitrogen and oxygen atoms in total. The van der Waals surface area contributed by atoms with E-state index in [0.29, 0.717) is 40.5 Å². The van der Waals surface area contributed by atoms with Gasteiger partial charge in [-0.1, -0.05) is 17.8 Å². The largest absolute Gasteiger partial charge is 0.497 e. The van der Waals surface area contributed by atoms with E-state index >= 15 is 0 Å². The minimum atomic E-state index is -0.461. The Morgan fingerprint density at radius 2 is 2.00 bits per heavy atom. The molecule has 28 heavy (non-hydrogen) atoms. The van der Waals surface area contributed by atoms with Crippen molar-refractivity contribution in [2.24, 2.45) is 0 Å². The molecular weight excluding hydrogens is 386 g/mol. The molecule has 0 amide bonds. The Balaban J connectivity index is 1.65. The summed E-state index contributed by atoms with van der Waals surface area (Å²) in [7, 11) is 3.14. The lowest BCUT2D eigenvalue weighted by molar-refractivity contribution is -0.384. The summed E-state index contributed by atoms with van der Waals surface area (Å²) < 4.78 is 17.8. The van der Waals surface area contributed by atoms with E-state index in [2.05, 4.69) is 15.5 Å². The van der Waals surface area contributed by atoms with Crippen LogP contribution in [0.5, 0.6) is 17.2 Å². The summed E-state index contributed by atoms with van der Waals surface area (Å²) in [6.07, 6.45) is 0. The zero-order valence-corrected chi connectivity index (χ0v) is 16.0. The van der Waals surface area contributed by atoms with E-state index in [1.165, 1.54) is 23.9 Å². The zero-order chi connectivity index (χ0) is 19.9. The third-order valence-corrected chi connectivity index (χ3v) is 4.55. The van der Waals surface area contributed by atoms with Crippen LogP contribution in [0.25, 0.3) is 5.69 Å². The number of methoxy groups -OCH3 is 2. The molecule has 2 aromatic carbocycles. The fourth-order valence-corrected chi connectivity index (χ4v) is 3.06. The van der Waals surface area contributed by atoms with E-state index in [0.717, 1.165) is 0 Å². The molecule has 0 saturated carbocycles. The number of hydrogen-bond acceptors (Lipinski definition) is 9. The minimum Gasteiger partial charge on any atom is -0.497 e. The molecule has 1 aromatic heterocycles. The standard InChI is InChI=1S/C17H17N5O5S/c1-25-13-6-7-16(26-2)15(11-13)21-17(18-19-20-21)28-9-8-27-14-5-3-4-12(10-14)22(23)24/h3-7,10-11H,8-9H2,1-2H3. The highest BCUT2D eigenvalue weighted by Crippen LogP contribution is 2.29. The summed E-state index contributed by atoms with van der Waals surface area (Å²) in [6, 6.07) is 11.4. The number of tetrazole rings is 1. The lowest BCUT2D eigenvalue weighted by Gasteiger charge is -2.11. The molecule has 0 N–H and O–H groups in total. The molecule has 0 bridgehead atoms. The number of ether oxygens (including phenoxy) is 3. The van der Waals surface area contributed by atoms with Gasteiger partial charge in [-0.3, -0.25) is 10.1 Å². The Hall–Kier alpha value is -3.34. The summed E-state index contributed by atoms with van der Waals surface area (Å²) in [5, 5.41) is 23.1. The Morgan fingerprint density at radius 1 is 1.14 bits per heavy atom. The van der Waals surface area contributed by atoms with E-state index in [4.69, 9.17) is 14.2 Å². The van der Waals surface area contributed by atoms with Gasteiger partial charge in [-0.2, -0.15) is 4.68 Å². The van der Waals surface area contributed by atoms with Gasteiger partial charge in [0.15, 0.2) is 0 Å². The first-order chi connectivity index (χ1) is 13.6. The van der Waals surface area contributed by atoms with Crippen LogP contribution in [-0.2, 0) is 0 Å². The van der Waals surface area contributed by atoms with Crippen molar-refractivity contribution in [3.8, 4) is 22.9 Å². The van der Waals surface area contributed by atoms with Gasteiger partial charge in [-0.05, 0) is 28.6 Å². The van der Waals surface area contributed by atoms with Gasteiger partial charge in [-0.15, -0.1) is 5.10 Å². The van der Waals surface area contributed by atoms with Gasteiger partial charge in [0.05, 0.1) is 31.8 Å². The lowest BCUT2D eigenvalue weighted by atomic mass is 10.3. The third-order valence-electron chi connectivity index (χ3n) is 3.67. The number of rotatable bonds is 9. The Bertz CT molecular complexity index is 965. The fraction of sp³-hybridized carbons (Fsp3) is 0.235. The van der Waals surface area contributed by atoms with Crippen LogP contribution < -0.4 is 14.2 Å². The maximum absolute atomic E-state index is 10.8. The third kappa shape index (κ3) is 4.49. The first kappa shape index (κ1) is 19.4. The average Bonchev–Trinajstić information content (AvgIpc) is 3.19. The van der Waals surface area contributed by atoms with Gasteiger partial charge < -0.3 is 14.2 Å². The molecule has 0 aliphatic rings. The Kier molecular flexibility index (Phi) is 6.27. The molecule has 0 atom stereocenters. The van der Waals surface area contributed by atoms with Crippen LogP contribution in [0.3, 0.4) is 0 Å². The minimum absolute atomic E-state index is 0.0146. The number of aromatic nitrogens is 4. The number of nitro benzene ring substituents is 1. The van der Waals surface area contributed by atoms with Gasteiger partial charge >= 0.3 is 0 Å². The highest BCUT2D eigenvalue weighted by atomic mass is 32.2. The van der Waals surface area contributed by atoms with E-state index in [1.54, 1.807) is 49.2 Å². The average molecular weight is 403 g/mol. The predicted octanol–water partition coefficient (Wildman–Crippen LogP) is 2.76. The van der Waals surface area contributed by atoms with Crippen LogP contribution in [0.15, 0.2) is 47.6 Å². The Morgan fingerprint density at radius 3 is 2.75 bits per heavy atom. The first-order valence-electron chi connectivity index (χ1n) is 8.13. The lowest BCUT2D eigenvalue weighted by Crippen LogP contribution is -2.05. The van der Waals surface area contributed by atoms with Crippen LogP contribution in [0.2, 0.25) is 0 Å². The summed E-state index contributed by atoms with van der Waals surface area (Å²) in [5.74, 6) is 2.22. The van der Waals surface area contributed by atoms with Crippen LogP contribution in [0.1, 0.15) is 0 Å². The molecule has 0 unspecified atom stereocenters. The summed E-state index contributed by atoms with van der Waals surface area (Å²) in [6.45, 7) is 0.327. The summed E-state index contributed by atoms with van der Waals surface area (Å²) >= 11 is 1.38. The van der Waals surface area contributed by atoms with Crippen molar-refractivity contribution in [2.45, 2.75) is 5.16 Å². The quantitative estimate of drug-likeness (QED) is 0.230. The molecule has 0 saturated heterocycles. The van der Waals surface area contributed by atoms with E-state index in [9.17, 15) is 10.1 Å². The van der Waals surface area contributed by atoms with E-state index in [-0.39, 0.29) is 5.69 Å². The van der Waals surface area contributed by atoms with Crippen LogP contribution in [0, 0.1) is 10.1 Å². The SMILES string of the molecule is COc1ccc(OC)c(-n2nnnc2SCCOc2cccc([N+](=O)[O-])c2)c1. The molecule has 0 spiro atoms. The van der Waals surface area contributed by atoms with Gasteiger partial charge in [0.2, 0.25) is 5.16 Å². The summed E-state index contributed by atoms with van der Waals surface area (Å²) in [4.78, 5) is 10.3. The zero-order valence-electron chi connectivity index (χ0n) is 15.1. The normalized spacial score (nSPS) is 10.5. The molecule has 11 heteroatoms. The van der Waals surface area contributed by atoms with Gasteiger partial charge in [0.1, 0.15) is 22.9 Å². The monoisotopic (exact) mass is 403 g/mol. The van der Waals surface area contributed by atoms with Crippen LogP contribution >= 0.6 is 11.8 Å². The van der Waals surface area contributed by atoms with Crippen LogP contribution in [-0.4, -0.2) is 51.7 Å². The second-order valence-corrected chi connectivity index (χ2v) is 6.42. The molecule has 146 valence electrons. The number of thioether (sulfide) groups is 1. The van der Waals surface area contributed by atoms with Crippen molar-refractivity contribution in [2.75, 3.05) is 26.6 Å². The van der Waals surface area contributed by atoms with E-state index in [1.807, 2.05) is 0 Å². The second-order valence-electron chi connectivity index (χ2n) is 5.36. The van der Waals surface area contributed by atoms with Crippen LogP contribution in [0.4, 0.5) is 5.69 Å². The molecule has 0 radical (unpaired) electrons. The van der Waals surface area contributed by atoms with Crippen molar-refractivity contribution in [1.82, 2.24) is 20.2 Å². The van der Waals surface area contributed by atoms with Crippen molar-refractivity contribution < 1.29 is 19.1 Å².